The molecule has 1 aromatic heterocycles. The first-order valence-corrected chi connectivity index (χ1v) is 6.57. The highest BCUT2D eigenvalue weighted by Gasteiger charge is 2.14. The number of aryl methyl sites for hydroxylation is 1. The Morgan fingerprint density at radius 3 is 2.85 bits per heavy atom. The summed E-state index contributed by atoms with van der Waals surface area (Å²) in [5.74, 6) is 0.316. The minimum atomic E-state index is -0.404. The summed E-state index contributed by atoms with van der Waals surface area (Å²) in [6.45, 7) is 4.70. The topological polar surface area (TPSA) is 47.0 Å². The molecule has 2 aromatic rings. The molecule has 0 aliphatic carbocycles. The van der Waals surface area contributed by atoms with Crippen LogP contribution < -0.4 is 10.1 Å². The molecule has 0 fully saturated rings. The van der Waals surface area contributed by atoms with Gasteiger partial charge in [-0.3, -0.25) is 0 Å². The Hall–Kier alpha value is -2.17. The van der Waals surface area contributed by atoms with E-state index in [1.165, 1.54) is 7.11 Å². The van der Waals surface area contributed by atoms with Gasteiger partial charge in [0.05, 0.1) is 12.8 Å². The zero-order valence-corrected chi connectivity index (χ0v) is 11.9. The number of nitrogens with one attached hydrogen (secondary N) is 1. The number of benzene rings is 1. The van der Waals surface area contributed by atoms with E-state index in [1.807, 2.05) is 6.92 Å². The van der Waals surface area contributed by atoms with Gasteiger partial charge in [-0.15, -0.1) is 0 Å². The van der Waals surface area contributed by atoms with Gasteiger partial charge in [0, 0.05) is 18.3 Å². The summed E-state index contributed by atoms with van der Waals surface area (Å²) in [4.78, 5) is 8.60. The lowest BCUT2D eigenvalue weighted by Gasteiger charge is -2.11. The molecule has 0 radical (unpaired) electrons. The summed E-state index contributed by atoms with van der Waals surface area (Å²) < 4.78 is 19.3. The Morgan fingerprint density at radius 1 is 1.35 bits per heavy atom. The molecule has 1 heterocycles. The van der Waals surface area contributed by atoms with Gasteiger partial charge in [-0.05, 0) is 31.0 Å². The maximum absolute atomic E-state index is 14.3. The van der Waals surface area contributed by atoms with E-state index in [4.69, 9.17) is 4.74 Å². The fourth-order valence-electron chi connectivity index (χ4n) is 1.89. The fourth-order valence-corrected chi connectivity index (χ4v) is 1.89. The monoisotopic (exact) mass is 275 g/mol. The number of ether oxygens (including phenoxy) is 1. The lowest BCUT2D eigenvalue weighted by Crippen LogP contribution is -2.06. The van der Waals surface area contributed by atoms with E-state index in [-0.39, 0.29) is 5.75 Å². The summed E-state index contributed by atoms with van der Waals surface area (Å²) in [5, 5.41) is 3.10. The van der Waals surface area contributed by atoms with Crippen molar-refractivity contribution < 1.29 is 9.13 Å². The van der Waals surface area contributed by atoms with Crippen molar-refractivity contribution in [3.8, 4) is 17.0 Å². The van der Waals surface area contributed by atoms with Crippen LogP contribution in [0.4, 0.5) is 10.3 Å². The second-order valence-electron chi connectivity index (χ2n) is 4.47. The largest absolute Gasteiger partial charge is 0.494 e. The molecule has 0 saturated carbocycles. The number of anilines is 1. The second kappa shape index (κ2) is 6.32. The normalized spacial score (nSPS) is 10.4. The molecule has 1 aromatic carbocycles. The van der Waals surface area contributed by atoms with Crippen LogP contribution in [0.15, 0.2) is 24.4 Å². The molecule has 4 nitrogen and oxygen atoms in total. The van der Waals surface area contributed by atoms with Gasteiger partial charge in [0.2, 0.25) is 5.95 Å². The minimum absolute atomic E-state index is 0.212. The third-order valence-corrected chi connectivity index (χ3v) is 2.94. The van der Waals surface area contributed by atoms with Crippen molar-refractivity contribution in [2.45, 2.75) is 20.3 Å². The molecule has 0 bridgehead atoms. The van der Waals surface area contributed by atoms with Gasteiger partial charge in [-0.25, -0.2) is 14.4 Å². The molecule has 0 saturated heterocycles. The maximum Gasteiger partial charge on any atom is 0.223 e. The molecule has 5 heteroatoms. The van der Waals surface area contributed by atoms with Crippen LogP contribution in [0, 0.1) is 12.7 Å². The Morgan fingerprint density at radius 2 is 2.15 bits per heavy atom. The zero-order chi connectivity index (χ0) is 14.5. The first-order chi connectivity index (χ1) is 9.67. The first-order valence-electron chi connectivity index (χ1n) is 6.57. The Bertz CT molecular complexity index is 602. The Labute approximate surface area is 118 Å². The third kappa shape index (κ3) is 2.87. The van der Waals surface area contributed by atoms with Gasteiger partial charge < -0.3 is 10.1 Å². The maximum atomic E-state index is 14.3. The van der Waals surface area contributed by atoms with Crippen LogP contribution in [-0.4, -0.2) is 23.6 Å². The van der Waals surface area contributed by atoms with E-state index in [2.05, 4.69) is 22.2 Å². The molecule has 0 amide bonds. The van der Waals surface area contributed by atoms with Gasteiger partial charge in [0.15, 0.2) is 11.6 Å². The smallest absolute Gasteiger partial charge is 0.223 e. The molecule has 106 valence electrons. The van der Waals surface area contributed by atoms with E-state index >= 15 is 0 Å². The van der Waals surface area contributed by atoms with Crippen molar-refractivity contribution in [2.24, 2.45) is 0 Å². The number of aromatic nitrogens is 2. The minimum Gasteiger partial charge on any atom is -0.494 e. The first kappa shape index (κ1) is 14.2. The number of methoxy groups -OCH3 is 1. The van der Waals surface area contributed by atoms with Gasteiger partial charge in [0.25, 0.3) is 0 Å². The van der Waals surface area contributed by atoms with E-state index in [9.17, 15) is 4.39 Å². The molecule has 0 aliphatic heterocycles. The number of halogens is 1. The van der Waals surface area contributed by atoms with E-state index < -0.39 is 5.82 Å². The fraction of sp³-hybridized carbons (Fsp3) is 0.333. The van der Waals surface area contributed by atoms with Crippen LogP contribution in [-0.2, 0) is 0 Å². The highest BCUT2D eigenvalue weighted by molar-refractivity contribution is 5.66. The second-order valence-corrected chi connectivity index (χ2v) is 4.47. The standard InChI is InChI=1S/C15H18FN3O/c1-4-8-17-15-18-9-10(2)14(19-15)11-6-5-7-12(20-3)13(11)16/h5-7,9H,4,8H2,1-3H3,(H,17,18,19). The predicted molar refractivity (Wildman–Crippen MR) is 77.5 cm³/mol. The summed E-state index contributed by atoms with van der Waals surface area (Å²) in [6.07, 6.45) is 2.67. The van der Waals surface area contributed by atoms with Gasteiger partial charge in [0.1, 0.15) is 0 Å². The summed E-state index contributed by atoms with van der Waals surface area (Å²) >= 11 is 0. The zero-order valence-electron chi connectivity index (χ0n) is 11.9. The third-order valence-electron chi connectivity index (χ3n) is 2.94. The van der Waals surface area contributed by atoms with Crippen LogP contribution in [0.3, 0.4) is 0 Å². The highest BCUT2D eigenvalue weighted by Crippen LogP contribution is 2.29. The molecule has 2 rings (SSSR count). The van der Waals surface area contributed by atoms with E-state index in [0.717, 1.165) is 18.5 Å². The average molecular weight is 275 g/mol. The Kier molecular flexibility index (Phi) is 4.50. The highest BCUT2D eigenvalue weighted by atomic mass is 19.1. The van der Waals surface area contributed by atoms with Crippen molar-refractivity contribution in [1.82, 2.24) is 9.97 Å². The van der Waals surface area contributed by atoms with Crippen molar-refractivity contribution >= 4 is 5.95 Å². The molecular formula is C15H18FN3O. The quantitative estimate of drug-likeness (QED) is 0.908. The number of hydrogen-bond donors (Lipinski definition) is 1. The van der Waals surface area contributed by atoms with Crippen LogP contribution in [0.2, 0.25) is 0 Å². The summed E-state index contributed by atoms with van der Waals surface area (Å²) in [7, 11) is 1.45. The van der Waals surface area contributed by atoms with Gasteiger partial charge in [-0.2, -0.15) is 0 Å². The van der Waals surface area contributed by atoms with Gasteiger partial charge >= 0.3 is 0 Å². The van der Waals surface area contributed by atoms with Crippen molar-refractivity contribution in [3.63, 3.8) is 0 Å². The molecule has 0 atom stereocenters. The van der Waals surface area contributed by atoms with Crippen LogP contribution in [0.5, 0.6) is 5.75 Å². The molecule has 20 heavy (non-hydrogen) atoms. The molecular weight excluding hydrogens is 257 g/mol. The number of rotatable bonds is 5. The van der Waals surface area contributed by atoms with Crippen molar-refractivity contribution in [1.29, 1.82) is 0 Å². The summed E-state index contributed by atoms with van der Waals surface area (Å²) in [6, 6.07) is 5.03. The molecule has 0 unspecified atom stereocenters. The SMILES string of the molecule is CCCNc1ncc(C)c(-c2cccc(OC)c2F)n1. The van der Waals surface area contributed by atoms with Crippen molar-refractivity contribution in [3.05, 3.63) is 35.8 Å². The van der Waals surface area contributed by atoms with E-state index in [1.54, 1.807) is 24.4 Å². The van der Waals surface area contributed by atoms with Gasteiger partial charge in [-0.1, -0.05) is 13.0 Å². The average Bonchev–Trinajstić information content (AvgIpc) is 2.47. The van der Waals surface area contributed by atoms with E-state index in [0.29, 0.717) is 17.2 Å². The van der Waals surface area contributed by atoms with Crippen LogP contribution in [0.25, 0.3) is 11.3 Å². The molecule has 0 spiro atoms. The lowest BCUT2D eigenvalue weighted by atomic mass is 10.1. The number of hydrogen-bond acceptors (Lipinski definition) is 4. The van der Waals surface area contributed by atoms with Crippen LogP contribution >= 0.6 is 0 Å². The van der Waals surface area contributed by atoms with Crippen molar-refractivity contribution in [2.75, 3.05) is 19.0 Å². The summed E-state index contributed by atoms with van der Waals surface area (Å²) in [5.41, 5.74) is 1.82. The molecule has 0 aliphatic rings. The predicted octanol–water partition coefficient (Wildman–Crippen LogP) is 3.42. The Balaban J connectivity index is 2.46. The van der Waals surface area contributed by atoms with Crippen LogP contribution in [0.1, 0.15) is 18.9 Å². The lowest BCUT2D eigenvalue weighted by molar-refractivity contribution is 0.387. The molecule has 1 N–H and O–H groups in total. The number of nitrogens with zero attached hydrogens (tertiary/aromatic N) is 2.